The van der Waals surface area contributed by atoms with Gasteiger partial charge in [-0.15, -0.1) is 11.3 Å². The molecule has 0 aliphatic heterocycles. The first-order chi connectivity index (χ1) is 15.8. The Bertz CT molecular complexity index is 1650. The quantitative estimate of drug-likeness (QED) is 0.304. The molecule has 5 nitrogen and oxygen atoms in total. The lowest BCUT2D eigenvalue weighted by molar-refractivity contribution is 0.0697. The number of aryl methyl sites for hydroxylation is 1. The lowest BCUT2D eigenvalue weighted by Crippen LogP contribution is -2.11. The van der Waals surface area contributed by atoms with E-state index in [1.807, 2.05) is 61.5 Å². The van der Waals surface area contributed by atoms with Crippen LogP contribution in [0.5, 0.6) is 0 Å². The highest BCUT2D eigenvalue weighted by atomic mass is 32.2. The Morgan fingerprint density at radius 1 is 0.879 bits per heavy atom. The predicted octanol–water partition coefficient (Wildman–Crippen LogP) is 6.53. The summed E-state index contributed by atoms with van der Waals surface area (Å²) in [7, 11) is -3.78. The van der Waals surface area contributed by atoms with E-state index in [9.17, 15) is 18.3 Å². The molecule has 0 radical (unpaired) electrons. The largest absolute Gasteiger partial charge is 0.478 e. The third-order valence-electron chi connectivity index (χ3n) is 5.50. The summed E-state index contributed by atoms with van der Waals surface area (Å²) in [6.07, 6.45) is 0. The van der Waals surface area contributed by atoms with Crippen LogP contribution in [0.15, 0.2) is 89.1 Å². The van der Waals surface area contributed by atoms with Gasteiger partial charge in [-0.1, -0.05) is 60.2 Å². The fourth-order valence-electron chi connectivity index (χ4n) is 3.93. The maximum Gasteiger partial charge on any atom is 0.335 e. The van der Waals surface area contributed by atoms with Crippen molar-refractivity contribution < 1.29 is 18.3 Å². The summed E-state index contributed by atoms with van der Waals surface area (Å²) < 4.78 is 30.3. The molecular weight excluding hydrogens is 454 g/mol. The SMILES string of the molecule is Cc1ccc2sc(S(=O)(=O)Nc3ccc(-c4cccc(C(=O)O)c4)c4ccccc34)cc2c1. The van der Waals surface area contributed by atoms with E-state index >= 15 is 0 Å². The zero-order valence-electron chi connectivity index (χ0n) is 17.6. The second kappa shape index (κ2) is 8.03. The van der Waals surface area contributed by atoms with Gasteiger partial charge in [-0.25, -0.2) is 13.2 Å². The minimum Gasteiger partial charge on any atom is -0.478 e. The maximum atomic E-state index is 13.2. The number of carboxylic acid groups (broad SMARTS) is 1. The Morgan fingerprint density at radius 2 is 1.67 bits per heavy atom. The summed E-state index contributed by atoms with van der Waals surface area (Å²) >= 11 is 1.24. The van der Waals surface area contributed by atoms with Crippen LogP contribution in [-0.2, 0) is 10.0 Å². The number of carbonyl (C=O) groups is 1. The first-order valence-corrected chi connectivity index (χ1v) is 12.5. The van der Waals surface area contributed by atoms with E-state index in [1.165, 1.54) is 11.3 Å². The molecule has 0 spiro atoms. The Morgan fingerprint density at radius 3 is 2.45 bits per heavy atom. The maximum absolute atomic E-state index is 13.2. The van der Waals surface area contributed by atoms with Crippen LogP contribution in [0.1, 0.15) is 15.9 Å². The second-order valence-corrected chi connectivity index (χ2v) is 10.8. The van der Waals surface area contributed by atoms with Crippen LogP contribution in [0.2, 0.25) is 0 Å². The van der Waals surface area contributed by atoms with Gasteiger partial charge in [-0.3, -0.25) is 4.72 Å². The van der Waals surface area contributed by atoms with Crippen molar-refractivity contribution in [3.05, 3.63) is 96.1 Å². The smallest absolute Gasteiger partial charge is 0.335 e. The number of carboxylic acids is 1. The van der Waals surface area contributed by atoms with Gasteiger partial charge in [0.25, 0.3) is 10.0 Å². The van der Waals surface area contributed by atoms with Gasteiger partial charge in [0.1, 0.15) is 4.21 Å². The molecule has 5 aromatic rings. The zero-order chi connectivity index (χ0) is 23.2. The molecule has 0 aliphatic rings. The molecule has 2 N–H and O–H groups in total. The van der Waals surface area contributed by atoms with E-state index < -0.39 is 16.0 Å². The Balaban J connectivity index is 1.59. The first-order valence-electron chi connectivity index (χ1n) is 10.2. The molecule has 0 saturated carbocycles. The van der Waals surface area contributed by atoms with Gasteiger partial charge >= 0.3 is 5.97 Å². The lowest BCUT2D eigenvalue weighted by Gasteiger charge is -2.13. The Labute approximate surface area is 195 Å². The molecule has 164 valence electrons. The van der Waals surface area contributed by atoms with Gasteiger partial charge in [0.15, 0.2) is 0 Å². The number of aromatic carboxylic acids is 1. The molecule has 0 bridgehead atoms. The number of hydrogen-bond acceptors (Lipinski definition) is 4. The van der Waals surface area contributed by atoms with E-state index in [4.69, 9.17) is 0 Å². The highest BCUT2D eigenvalue weighted by molar-refractivity contribution is 7.94. The normalized spacial score (nSPS) is 11.7. The van der Waals surface area contributed by atoms with Gasteiger partial charge in [0.2, 0.25) is 0 Å². The van der Waals surface area contributed by atoms with Crippen molar-refractivity contribution in [2.45, 2.75) is 11.1 Å². The molecule has 0 fully saturated rings. The van der Waals surface area contributed by atoms with Gasteiger partial charge in [0.05, 0.1) is 11.3 Å². The van der Waals surface area contributed by atoms with Gasteiger partial charge in [-0.05, 0) is 59.2 Å². The van der Waals surface area contributed by atoms with Crippen LogP contribution < -0.4 is 4.72 Å². The number of benzene rings is 4. The van der Waals surface area contributed by atoms with Crippen LogP contribution in [0.25, 0.3) is 32.0 Å². The lowest BCUT2D eigenvalue weighted by atomic mass is 9.96. The van der Waals surface area contributed by atoms with Gasteiger partial charge in [-0.2, -0.15) is 0 Å². The highest BCUT2D eigenvalue weighted by Crippen LogP contribution is 2.36. The predicted molar refractivity (Wildman–Crippen MR) is 134 cm³/mol. The Hall–Kier alpha value is -3.68. The number of thiophene rings is 1. The fraction of sp³-hybridized carbons (Fsp3) is 0.0385. The van der Waals surface area contributed by atoms with E-state index in [0.29, 0.717) is 5.69 Å². The number of hydrogen-bond donors (Lipinski definition) is 2. The van der Waals surface area contributed by atoms with Gasteiger partial charge < -0.3 is 5.11 Å². The van der Waals surface area contributed by atoms with Crippen molar-refractivity contribution in [2.75, 3.05) is 4.72 Å². The summed E-state index contributed by atoms with van der Waals surface area (Å²) in [5.41, 5.74) is 3.32. The van der Waals surface area contributed by atoms with Crippen molar-refractivity contribution in [3.63, 3.8) is 0 Å². The zero-order valence-corrected chi connectivity index (χ0v) is 19.2. The van der Waals surface area contributed by atoms with E-state index in [-0.39, 0.29) is 9.77 Å². The summed E-state index contributed by atoms with van der Waals surface area (Å²) in [4.78, 5) is 11.4. The number of rotatable bonds is 5. The molecule has 1 heterocycles. The second-order valence-electron chi connectivity index (χ2n) is 7.80. The molecule has 0 unspecified atom stereocenters. The molecule has 0 atom stereocenters. The van der Waals surface area contributed by atoms with Crippen molar-refractivity contribution in [1.29, 1.82) is 0 Å². The van der Waals surface area contributed by atoms with Crippen LogP contribution in [0, 0.1) is 6.92 Å². The van der Waals surface area contributed by atoms with Crippen molar-refractivity contribution in [1.82, 2.24) is 0 Å². The number of nitrogens with one attached hydrogen (secondary N) is 1. The Kier molecular flexibility index (Phi) is 5.15. The van der Waals surface area contributed by atoms with Crippen LogP contribution in [0.4, 0.5) is 5.69 Å². The fourth-order valence-corrected chi connectivity index (χ4v) is 6.38. The summed E-state index contributed by atoms with van der Waals surface area (Å²) in [6.45, 7) is 1.98. The monoisotopic (exact) mass is 473 g/mol. The molecule has 1 aromatic heterocycles. The van der Waals surface area contributed by atoms with Gasteiger partial charge in [0, 0.05) is 10.1 Å². The van der Waals surface area contributed by atoms with Crippen LogP contribution in [-0.4, -0.2) is 19.5 Å². The average Bonchev–Trinajstić information content (AvgIpc) is 3.23. The molecule has 7 heteroatoms. The molecule has 4 aromatic carbocycles. The van der Waals surface area contributed by atoms with Crippen LogP contribution >= 0.6 is 11.3 Å². The summed E-state index contributed by atoms with van der Waals surface area (Å²) in [5, 5.41) is 11.8. The van der Waals surface area contributed by atoms with Crippen molar-refractivity contribution in [2.24, 2.45) is 0 Å². The van der Waals surface area contributed by atoms with E-state index in [2.05, 4.69) is 4.72 Å². The summed E-state index contributed by atoms with van der Waals surface area (Å²) in [6, 6.07) is 25.3. The average molecular weight is 474 g/mol. The summed E-state index contributed by atoms with van der Waals surface area (Å²) in [5.74, 6) is -0.996. The molecular formula is C26H19NO4S2. The molecule has 5 rings (SSSR count). The third kappa shape index (κ3) is 3.97. The van der Waals surface area contributed by atoms with E-state index in [1.54, 1.807) is 30.3 Å². The van der Waals surface area contributed by atoms with Crippen molar-refractivity contribution in [3.8, 4) is 11.1 Å². The van der Waals surface area contributed by atoms with E-state index in [0.717, 1.165) is 37.5 Å². The standard InChI is InChI=1S/C26H19NO4S2/c1-16-9-12-24-19(13-16)15-25(32-24)33(30,31)27-23-11-10-20(21-7-2-3-8-22(21)23)17-5-4-6-18(14-17)26(28)29/h2-15,27H,1H3,(H,28,29). The first kappa shape index (κ1) is 21.2. The number of anilines is 1. The third-order valence-corrected chi connectivity index (χ3v) is 8.46. The van der Waals surface area contributed by atoms with Crippen LogP contribution in [0.3, 0.4) is 0 Å². The minimum absolute atomic E-state index is 0.196. The topological polar surface area (TPSA) is 83.5 Å². The molecule has 0 aliphatic carbocycles. The molecule has 0 amide bonds. The molecule has 0 saturated heterocycles. The number of fused-ring (bicyclic) bond motifs is 2. The number of sulfonamides is 1. The molecule has 33 heavy (non-hydrogen) atoms. The minimum atomic E-state index is -3.78. The highest BCUT2D eigenvalue weighted by Gasteiger charge is 2.20. The van der Waals surface area contributed by atoms with Crippen molar-refractivity contribution >= 4 is 53.9 Å².